The van der Waals surface area contributed by atoms with Crippen LogP contribution in [0, 0.1) is 0 Å². The molecule has 0 radical (unpaired) electrons. The Bertz CT molecular complexity index is 936. The molecule has 1 N–H and O–H groups in total. The maximum absolute atomic E-state index is 12.3. The molecular formula is C22H29N3O3. The van der Waals surface area contributed by atoms with Crippen molar-refractivity contribution in [1.82, 2.24) is 14.8 Å². The van der Waals surface area contributed by atoms with Crippen molar-refractivity contribution in [3.05, 3.63) is 46.2 Å². The van der Waals surface area contributed by atoms with Gasteiger partial charge in [0.15, 0.2) is 0 Å². The van der Waals surface area contributed by atoms with E-state index in [9.17, 15) is 9.59 Å². The van der Waals surface area contributed by atoms with Gasteiger partial charge >= 0.3 is 6.09 Å². The monoisotopic (exact) mass is 383 g/mol. The van der Waals surface area contributed by atoms with Gasteiger partial charge in [0, 0.05) is 44.2 Å². The Labute approximate surface area is 165 Å². The lowest BCUT2D eigenvalue weighted by molar-refractivity contribution is 0.0477. The Morgan fingerprint density at radius 1 is 1.18 bits per heavy atom. The number of piperidine rings is 1. The van der Waals surface area contributed by atoms with E-state index in [0.717, 1.165) is 49.9 Å². The Hall–Kier alpha value is -2.34. The fourth-order valence-corrected chi connectivity index (χ4v) is 4.42. The highest BCUT2D eigenvalue weighted by Crippen LogP contribution is 2.33. The summed E-state index contributed by atoms with van der Waals surface area (Å²) in [7, 11) is 0. The van der Waals surface area contributed by atoms with E-state index in [1.807, 2.05) is 31.4 Å². The molecule has 6 nitrogen and oxygen atoms in total. The fraction of sp³-hybridized carbons (Fsp3) is 0.545. The molecule has 2 aliphatic rings. The van der Waals surface area contributed by atoms with Gasteiger partial charge in [0.2, 0.25) is 0 Å². The minimum absolute atomic E-state index is 0.0859. The molecule has 4 rings (SSSR count). The summed E-state index contributed by atoms with van der Waals surface area (Å²) in [4.78, 5) is 26.7. The second kappa shape index (κ2) is 7.24. The molecule has 1 atom stereocenters. The number of carbonyl (C=O) groups is 1. The van der Waals surface area contributed by atoms with Crippen LogP contribution in [-0.4, -0.2) is 46.8 Å². The van der Waals surface area contributed by atoms with Crippen LogP contribution >= 0.6 is 0 Å². The first-order valence-electron chi connectivity index (χ1n) is 10.1. The minimum atomic E-state index is -0.471. The topological polar surface area (TPSA) is 63.6 Å². The predicted molar refractivity (Wildman–Crippen MR) is 110 cm³/mol. The SMILES string of the molecule is CC(C)(C)OC(=O)NC1CCN(CC2Cn3c(=O)ccc4cccc2c43)CC1. The highest BCUT2D eigenvalue weighted by Gasteiger charge is 2.29. The van der Waals surface area contributed by atoms with Gasteiger partial charge in [-0.05, 0) is 50.6 Å². The Balaban J connectivity index is 1.35. The van der Waals surface area contributed by atoms with Crippen molar-refractivity contribution in [2.75, 3.05) is 19.6 Å². The molecule has 3 heterocycles. The molecule has 0 saturated carbocycles. The Morgan fingerprint density at radius 2 is 1.93 bits per heavy atom. The fourth-order valence-electron chi connectivity index (χ4n) is 4.42. The lowest BCUT2D eigenvalue weighted by Crippen LogP contribution is -2.46. The van der Waals surface area contributed by atoms with E-state index in [2.05, 4.69) is 28.4 Å². The molecular weight excluding hydrogens is 354 g/mol. The van der Waals surface area contributed by atoms with Crippen molar-refractivity contribution in [3.63, 3.8) is 0 Å². The van der Waals surface area contributed by atoms with Crippen LogP contribution in [-0.2, 0) is 11.3 Å². The zero-order valence-corrected chi connectivity index (χ0v) is 16.9. The zero-order valence-electron chi connectivity index (χ0n) is 16.9. The van der Waals surface area contributed by atoms with Gasteiger partial charge in [0.05, 0.1) is 5.52 Å². The van der Waals surface area contributed by atoms with Gasteiger partial charge in [-0.3, -0.25) is 4.79 Å². The third-order valence-electron chi connectivity index (χ3n) is 5.67. The first-order chi connectivity index (χ1) is 13.3. The third kappa shape index (κ3) is 3.92. The molecule has 28 heavy (non-hydrogen) atoms. The number of nitrogens with one attached hydrogen (secondary N) is 1. The number of rotatable bonds is 3. The van der Waals surface area contributed by atoms with Crippen molar-refractivity contribution >= 4 is 17.0 Å². The Kier molecular flexibility index (Phi) is 4.91. The van der Waals surface area contributed by atoms with Gasteiger partial charge in [0.25, 0.3) is 5.56 Å². The summed E-state index contributed by atoms with van der Waals surface area (Å²) in [6.45, 7) is 9.21. The summed E-state index contributed by atoms with van der Waals surface area (Å²) in [5.74, 6) is 0.342. The van der Waals surface area contributed by atoms with Crippen LogP contribution in [0.2, 0.25) is 0 Å². The lowest BCUT2D eigenvalue weighted by atomic mass is 9.97. The number of pyridine rings is 1. The number of amides is 1. The number of likely N-dealkylation sites (tertiary alicyclic amines) is 1. The van der Waals surface area contributed by atoms with Crippen molar-refractivity contribution in [1.29, 1.82) is 0 Å². The van der Waals surface area contributed by atoms with Crippen molar-refractivity contribution in [3.8, 4) is 0 Å². The summed E-state index contributed by atoms with van der Waals surface area (Å²) < 4.78 is 7.28. The van der Waals surface area contributed by atoms with Crippen LogP contribution in [0.3, 0.4) is 0 Å². The minimum Gasteiger partial charge on any atom is -0.444 e. The summed E-state index contributed by atoms with van der Waals surface area (Å²) >= 11 is 0. The molecule has 0 spiro atoms. The number of alkyl carbamates (subject to hydrolysis) is 1. The molecule has 1 saturated heterocycles. The molecule has 1 aromatic carbocycles. The van der Waals surface area contributed by atoms with Gasteiger partial charge < -0.3 is 19.5 Å². The van der Waals surface area contributed by atoms with Crippen LogP contribution in [0.4, 0.5) is 4.79 Å². The van der Waals surface area contributed by atoms with E-state index < -0.39 is 5.60 Å². The van der Waals surface area contributed by atoms with E-state index in [1.54, 1.807) is 6.07 Å². The van der Waals surface area contributed by atoms with E-state index >= 15 is 0 Å². The Morgan fingerprint density at radius 3 is 2.64 bits per heavy atom. The van der Waals surface area contributed by atoms with E-state index in [0.29, 0.717) is 5.92 Å². The van der Waals surface area contributed by atoms with Gasteiger partial charge in [-0.2, -0.15) is 0 Å². The molecule has 1 fully saturated rings. The molecule has 0 bridgehead atoms. The first-order valence-corrected chi connectivity index (χ1v) is 10.1. The van der Waals surface area contributed by atoms with E-state index in [4.69, 9.17) is 4.74 Å². The second-order valence-electron chi connectivity index (χ2n) is 8.99. The molecule has 6 heteroatoms. The second-order valence-corrected chi connectivity index (χ2v) is 8.99. The molecule has 1 unspecified atom stereocenters. The summed E-state index contributed by atoms with van der Waals surface area (Å²) in [5.41, 5.74) is 2.00. The predicted octanol–water partition coefficient (Wildman–Crippen LogP) is 3.09. The number of para-hydroxylation sites is 1. The van der Waals surface area contributed by atoms with Gasteiger partial charge in [-0.15, -0.1) is 0 Å². The molecule has 2 aliphatic heterocycles. The number of nitrogens with zero attached hydrogens (tertiary/aromatic N) is 2. The molecule has 1 amide bonds. The molecule has 150 valence electrons. The quantitative estimate of drug-likeness (QED) is 0.885. The molecule has 0 aliphatic carbocycles. The average molecular weight is 383 g/mol. The summed E-state index contributed by atoms with van der Waals surface area (Å²) in [5, 5.41) is 4.13. The van der Waals surface area contributed by atoms with E-state index in [-0.39, 0.29) is 17.7 Å². The third-order valence-corrected chi connectivity index (χ3v) is 5.67. The number of ether oxygens (including phenoxy) is 1. The normalized spacial score (nSPS) is 20.5. The smallest absolute Gasteiger partial charge is 0.407 e. The van der Waals surface area contributed by atoms with Crippen molar-refractivity contribution in [2.45, 2.75) is 57.7 Å². The standard InChI is InChI=1S/C22H29N3O3/c1-22(2,3)28-21(27)23-17-9-11-24(12-10-17)13-16-14-25-19(26)8-7-15-5-4-6-18(16)20(15)25/h4-8,16-17H,9-14H2,1-3H3,(H,23,27). The number of aromatic nitrogens is 1. The maximum atomic E-state index is 12.3. The van der Waals surface area contributed by atoms with Crippen LogP contribution in [0.15, 0.2) is 35.1 Å². The van der Waals surface area contributed by atoms with E-state index in [1.165, 1.54) is 5.56 Å². The summed E-state index contributed by atoms with van der Waals surface area (Å²) in [6, 6.07) is 10.1. The van der Waals surface area contributed by atoms with Crippen molar-refractivity contribution < 1.29 is 9.53 Å². The number of benzene rings is 1. The van der Waals surface area contributed by atoms with Gasteiger partial charge in [-0.1, -0.05) is 18.2 Å². The zero-order chi connectivity index (χ0) is 19.9. The number of carbonyl (C=O) groups excluding carboxylic acids is 1. The average Bonchev–Trinajstić information content (AvgIpc) is 2.99. The lowest BCUT2D eigenvalue weighted by Gasteiger charge is -2.34. The van der Waals surface area contributed by atoms with Gasteiger partial charge in [0.1, 0.15) is 5.60 Å². The number of hydrogen-bond acceptors (Lipinski definition) is 4. The van der Waals surface area contributed by atoms with Gasteiger partial charge in [-0.25, -0.2) is 4.79 Å². The van der Waals surface area contributed by atoms with Crippen LogP contribution in [0.1, 0.15) is 45.1 Å². The van der Waals surface area contributed by atoms with Crippen LogP contribution < -0.4 is 10.9 Å². The first kappa shape index (κ1) is 19.0. The molecule has 1 aromatic heterocycles. The number of hydrogen-bond donors (Lipinski definition) is 1. The highest BCUT2D eigenvalue weighted by atomic mass is 16.6. The maximum Gasteiger partial charge on any atom is 0.407 e. The van der Waals surface area contributed by atoms with Crippen LogP contribution in [0.25, 0.3) is 10.9 Å². The van der Waals surface area contributed by atoms with Crippen LogP contribution in [0.5, 0.6) is 0 Å². The molecule has 2 aromatic rings. The summed E-state index contributed by atoms with van der Waals surface area (Å²) in [6.07, 6.45) is 1.51. The largest absolute Gasteiger partial charge is 0.444 e. The van der Waals surface area contributed by atoms with Crippen molar-refractivity contribution in [2.24, 2.45) is 0 Å². The highest BCUT2D eigenvalue weighted by molar-refractivity contribution is 5.84.